The number of pyridine rings is 1. The first-order valence-corrected chi connectivity index (χ1v) is 11.9. The van der Waals surface area contributed by atoms with Gasteiger partial charge >= 0.3 is 6.18 Å². The Morgan fingerprint density at radius 2 is 1.95 bits per heavy atom. The van der Waals surface area contributed by atoms with E-state index in [1.165, 1.54) is 24.3 Å². The Bertz CT molecular complexity index is 1500. The number of carbonyl (C=O) groups is 1. The van der Waals surface area contributed by atoms with Crippen LogP contribution in [0.2, 0.25) is 0 Å². The lowest BCUT2D eigenvalue weighted by Gasteiger charge is -2.14. The fourth-order valence-electron chi connectivity index (χ4n) is 4.10. The van der Waals surface area contributed by atoms with Crippen LogP contribution in [0.5, 0.6) is 11.5 Å². The minimum Gasteiger partial charge on any atom is -0.456 e. The number of halogens is 5. The number of nitrogens with zero attached hydrogens (tertiary/aromatic N) is 2. The molecular weight excluding hydrogens is 507 g/mol. The summed E-state index contributed by atoms with van der Waals surface area (Å²) in [5.41, 5.74) is 2.99. The summed E-state index contributed by atoms with van der Waals surface area (Å²) in [6.45, 7) is 1.37. The van der Waals surface area contributed by atoms with E-state index in [-0.39, 0.29) is 24.0 Å². The van der Waals surface area contributed by atoms with E-state index >= 15 is 0 Å². The summed E-state index contributed by atoms with van der Waals surface area (Å²) < 4.78 is 72.6. The second kappa shape index (κ2) is 9.96. The molecule has 2 aromatic heterocycles. The number of aromatic nitrogens is 2. The Balaban J connectivity index is 1.49. The van der Waals surface area contributed by atoms with Crippen LogP contribution in [0.3, 0.4) is 0 Å². The number of imidazole rings is 1. The number of ether oxygens (including phenoxy) is 1. The number of rotatable bonds is 8. The summed E-state index contributed by atoms with van der Waals surface area (Å²) >= 11 is 0. The molecular formula is C27H23F5N4O2. The standard InChI is InChI=1S/C27H23F5N4O2/c1-15-9-16(5-6-20(15)26(37)35-22-12-21(22)29)24-13-34-25-23(33-8-7-27(30,31)32)11-19(14-36(24)25)38-18-4-2-3-17(28)10-18/h2-6,9-11,13-14,21-22,33H,7-8,12H2,1H3,(H,35,37)/t21-,22-/m1/s1. The van der Waals surface area contributed by atoms with Crippen molar-refractivity contribution in [3.05, 3.63) is 77.9 Å². The highest BCUT2D eigenvalue weighted by molar-refractivity contribution is 5.96. The van der Waals surface area contributed by atoms with Crippen molar-refractivity contribution >= 4 is 17.2 Å². The zero-order valence-electron chi connectivity index (χ0n) is 20.2. The molecule has 1 fully saturated rings. The van der Waals surface area contributed by atoms with Crippen LogP contribution in [0.25, 0.3) is 16.9 Å². The van der Waals surface area contributed by atoms with Gasteiger partial charge in [-0.05, 0) is 36.8 Å². The maximum Gasteiger partial charge on any atom is 0.390 e. The molecule has 2 aromatic carbocycles. The van der Waals surface area contributed by atoms with Crippen molar-refractivity contribution in [2.45, 2.75) is 38.2 Å². The summed E-state index contributed by atoms with van der Waals surface area (Å²) in [6.07, 6.45) is -2.93. The first-order chi connectivity index (χ1) is 18.1. The zero-order chi connectivity index (χ0) is 27.0. The number of nitrogens with one attached hydrogen (secondary N) is 2. The van der Waals surface area contributed by atoms with E-state index in [1.54, 1.807) is 48.0 Å². The van der Waals surface area contributed by atoms with Crippen molar-refractivity contribution in [1.82, 2.24) is 14.7 Å². The number of fused-ring (bicyclic) bond motifs is 1. The Hall–Kier alpha value is -4.15. The van der Waals surface area contributed by atoms with E-state index in [0.717, 1.165) is 0 Å². The van der Waals surface area contributed by atoms with Crippen LogP contribution in [0, 0.1) is 12.7 Å². The van der Waals surface area contributed by atoms with Gasteiger partial charge in [-0.3, -0.25) is 9.20 Å². The molecule has 1 aliphatic carbocycles. The predicted octanol–water partition coefficient (Wildman–Crippen LogP) is 6.45. The average molecular weight is 530 g/mol. The van der Waals surface area contributed by atoms with Gasteiger partial charge in [0.25, 0.3) is 5.91 Å². The Morgan fingerprint density at radius 1 is 1.16 bits per heavy atom. The number of hydrogen-bond donors (Lipinski definition) is 2. The van der Waals surface area contributed by atoms with Crippen molar-refractivity contribution in [3.63, 3.8) is 0 Å². The van der Waals surface area contributed by atoms with E-state index in [0.29, 0.717) is 40.1 Å². The molecule has 6 nitrogen and oxygen atoms in total. The number of anilines is 1. The molecule has 0 spiro atoms. The van der Waals surface area contributed by atoms with Gasteiger partial charge in [0.05, 0.1) is 36.2 Å². The highest BCUT2D eigenvalue weighted by atomic mass is 19.4. The fourth-order valence-corrected chi connectivity index (χ4v) is 4.10. The van der Waals surface area contributed by atoms with Crippen LogP contribution in [0.1, 0.15) is 28.8 Å². The smallest absolute Gasteiger partial charge is 0.390 e. The van der Waals surface area contributed by atoms with Gasteiger partial charge in [-0.15, -0.1) is 0 Å². The summed E-state index contributed by atoms with van der Waals surface area (Å²) in [6, 6.07) is 11.6. The van der Waals surface area contributed by atoms with E-state index in [2.05, 4.69) is 15.6 Å². The van der Waals surface area contributed by atoms with Crippen LogP contribution in [-0.4, -0.2) is 40.2 Å². The van der Waals surface area contributed by atoms with Gasteiger partial charge in [0.15, 0.2) is 5.65 Å². The second-order valence-corrected chi connectivity index (χ2v) is 9.14. The normalized spacial score (nSPS) is 16.9. The number of alkyl halides is 4. The zero-order valence-corrected chi connectivity index (χ0v) is 20.2. The Kier molecular flexibility index (Phi) is 6.68. The maximum atomic E-state index is 13.7. The van der Waals surface area contributed by atoms with E-state index in [4.69, 9.17) is 4.74 Å². The van der Waals surface area contributed by atoms with Crippen LogP contribution in [-0.2, 0) is 0 Å². The predicted molar refractivity (Wildman–Crippen MR) is 132 cm³/mol. The molecule has 0 bridgehead atoms. The minimum absolute atomic E-state index is 0.213. The van der Waals surface area contributed by atoms with Crippen molar-refractivity contribution in [3.8, 4) is 22.8 Å². The van der Waals surface area contributed by atoms with Gasteiger partial charge in [0.2, 0.25) is 0 Å². The lowest BCUT2D eigenvalue weighted by Crippen LogP contribution is -2.27. The van der Waals surface area contributed by atoms with Crippen LogP contribution in [0.15, 0.2) is 60.9 Å². The molecule has 11 heteroatoms. The van der Waals surface area contributed by atoms with Crippen molar-refractivity contribution in [2.75, 3.05) is 11.9 Å². The molecule has 1 amide bonds. The van der Waals surface area contributed by atoms with E-state index in [1.807, 2.05) is 0 Å². The molecule has 2 atom stereocenters. The summed E-state index contributed by atoms with van der Waals surface area (Å²) in [4.78, 5) is 16.9. The number of benzene rings is 2. The maximum absolute atomic E-state index is 13.7. The van der Waals surface area contributed by atoms with Crippen LogP contribution in [0.4, 0.5) is 27.6 Å². The van der Waals surface area contributed by atoms with Gasteiger partial charge in [-0.1, -0.05) is 12.1 Å². The molecule has 1 saturated carbocycles. The van der Waals surface area contributed by atoms with Crippen molar-refractivity contribution < 1.29 is 31.5 Å². The number of amides is 1. The lowest BCUT2D eigenvalue weighted by atomic mass is 10.0. The molecule has 0 saturated heterocycles. The lowest BCUT2D eigenvalue weighted by molar-refractivity contribution is -0.131. The monoisotopic (exact) mass is 530 g/mol. The number of aryl methyl sites for hydroxylation is 1. The molecule has 0 radical (unpaired) electrons. The first kappa shape index (κ1) is 25.5. The van der Waals surface area contributed by atoms with Gasteiger partial charge in [-0.25, -0.2) is 13.8 Å². The summed E-state index contributed by atoms with van der Waals surface area (Å²) in [5.74, 6) is -0.405. The van der Waals surface area contributed by atoms with E-state index in [9.17, 15) is 26.7 Å². The van der Waals surface area contributed by atoms with Crippen molar-refractivity contribution in [2.24, 2.45) is 0 Å². The van der Waals surface area contributed by atoms with Gasteiger partial charge in [0.1, 0.15) is 23.5 Å². The molecule has 2 N–H and O–H groups in total. The second-order valence-electron chi connectivity index (χ2n) is 9.14. The van der Waals surface area contributed by atoms with Crippen LogP contribution >= 0.6 is 0 Å². The minimum atomic E-state index is -4.34. The van der Waals surface area contributed by atoms with Crippen LogP contribution < -0.4 is 15.4 Å². The molecule has 2 heterocycles. The third kappa shape index (κ3) is 5.71. The topological polar surface area (TPSA) is 67.7 Å². The molecule has 5 rings (SSSR count). The quantitative estimate of drug-likeness (QED) is 0.257. The van der Waals surface area contributed by atoms with Crippen molar-refractivity contribution in [1.29, 1.82) is 0 Å². The molecule has 38 heavy (non-hydrogen) atoms. The summed E-state index contributed by atoms with van der Waals surface area (Å²) in [7, 11) is 0. The largest absolute Gasteiger partial charge is 0.456 e. The van der Waals surface area contributed by atoms with Gasteiger partial charge in [-0.2, -0.15) is 13.2 Å². The summed E-state index contributed by atoms with van der Waals surface area (Å²) in [5, 5.41) is 5.42. The Labute approximate surface area is 214 Å². The highest BCUT2D eigenvalue weighted by Crippen LogP contribution is 2.33. The number of carbonyl (C=O) groups excluding carboxylic acids is 1. The molecule has 0 aliphatic heterocycles. The van der Waals surface area contributed by atoms with Gasteiger partial charge < -0.3 is 15.4 Å². The number of hydrogen-bond acceptors (Lipinski definition) is 4. The highest BCUT2D eigenvalue weighted by Gasteiger charge is 2.39. The Morgan fingerprint density at radius 3 is 2.63 bits per heavy atom. The average Bonchev–Trinajstić information content (AvgIpc) is 3.35. The molecule has 1 aliphatic rings. The molecule has 198 valence electrons. The molecule has 4 aromatic rings. The molecule has 0 unspecified atom stereocenters. The third-order valence-electron chi connectivity index (χ3n) is 6.13. The third-order valence-corrected chi connectivity index (χ3v) is 6.13. The van der Waals surface area contributed by atoms with E-state index < -0.39 is 30.6 Å². The first-order valence-electron chi connectivity index (χ1n) is 11.9. The van der Waals surface area contributed by atoms with Gasteiger partial charge in [0, 0.05) is 36.2 Å². The SMILES string of the molecule is Cc1cc(-c2cnc3c(NCCC(F)(F)F)cc(Oc4cccc(F)c4)cn23)ccc1C(=O)N[C@@H]1C[C@H]1F. The fraction of sp³-hybridized carbons (Fsp3) is 0.259.